The lowest BCUT2D eigenvalue weighted by Crippen LogP contribution is -2.19. The number of aromatic amines is 1. The summed E-state index contributed by atoms with van der Waals surface area (Å²) >= 11 is 0. The van der Waals surface area contributed by atoms with Crippen LogP contribution in [-0.4, -0.2) is 50.1 Å². The molecule has 0 aliphatic heterocycles. The van der Waals surface area contributed by atoms with Crippen LogP contribution in [0.2, 0.25) is 0 Å². The summed E-state index contributed by atoms with van der Waals surface area (Å²) < 4.78 is 40.4. The van der Waals surface area contributed by atoms with Crippen LogP contribution in [0.3, 0.4) is 0 Å². The van der Waals surface area contributed by atoms with Crippen LogP contribution in [0.4, 0.5) is 11.4 Å². The minimum Gasteiger partial charge on any atom is -0.507 e. The Balaban J connectivity index is 1.35. The van der Waals surface area contributed by atoms with E-state index in [-0.39, 0.29) is 35.9 Å². The number of aromatic nitrogens is 1. The fraction of sp³-hybridized carbons (Fsp3) is 0.250. The lowest BCUT2D eigenvalue weighted by molar-refractivity contribution is -0.139. The number of rotatable bonds is 15. The number of fused-ring (bicyclic) bond motifs is 1. The first-order valence-corrected chi connectivity index (χ1v) is 15.6. The number of carbonyl (C=O) groups excluding carboxylic acids is 2. The van der Waals surface area contributed by atoms with E-state index in [0.717, 1.165) is 46.3 Å². The summed E-state index contributed by atoms with van der Waals surface area (Å²) in [5.41, 5.74) is 9.04. The van der Waals surface area contributed by atoms with Gasteiger partial charge < -0.3 is 30.6 Å². The molecule has 4 rings (SSSR count). The van der Waals surface area contributed by atoms with Gasteiger partial charge in [-0.25, -0.2) is 13.2 Å². The Labute approximate surface area is 256 Å². The first-order chi connectivity index (χ1) is 21.1. The fourth-order valence-electron chi connectivity index (χ4n) is 4.53. The minimum atomic E-state index is -4.23. The van der Waals surface area contributed by atoms with Gasteiger partial charge in [0.05, 0.1) is 30.2 Å². The Morgan fingerprint density at radius 1 is 1.07 bits per heavy atom. The van der Waals surface area contributed by atoms with Crippen molar-refractivity contribution in [3.63, 3.8) is 0 Å². The molecule has 1 amide bonds. The summed E-state index contributed by atoms with van der Waals surface area (Å²) in [7, 11) is -4.23. The zero-order chi connectivity index (χ0) is 31.7. The van der Waals surface area contributed by atoms with Crippen molar-refractivity contribution < 1.29 is 32.6 Å². The van der Waals surface area contributed by atoms with E-state index >= 15 is 0 Å². The van der Waals surface area contributed by atoms with E-state index in [4.69, 9.17) is 15.2 Å². The van der Waals surface area contributed by atoms with E-state index in [1.165, 1.54) is 6.08 Å². The monoisotopic (exact) mass is 620 g/mol. The lowest BCUT2D eigenvalue weighted by atomic mass is 10.1. The van der Waals surface area contributed by atoms with Crippen molar-refractivity contribution in [3.05, 3.63) is 95.2 Å². The van der Waals surface area contributed by atoms with Crippen molar-refractivity contribution in [1.82, 2.24) is 4.98 Å². The van der Waals surface area contributed by atoms with Crippen LogP contribution in [-0.2, 0) is 37.3 Å². The summed E-state index contributed by atoms with van der Waals surface area (Å²) in [6, 6.07) is 17.0. The quantitative estimate of drug-likeness (QED) is 0.0719. The standard InChI is InChI=1S/C32H36N4O7S/c1-3-23-16-25-21(2)15-24(17-27(25)35-23)36-44(40,41)30-18-26(32(33)39)29(37)19-28(30)34-12-14-42-13-8-7-11-31(38)43-20-22-9-5-4-6-10-22/h4-7,9-11,15-19,34-37H,3,8,12-14,20H2,1-2H3,(H2,33,39)/b11-7+. The largest absolute Gasteiger partial charge is 0.507 e. The first-order valence-electron chi connectivity index (χ1n) is 14.1. The van der Waals surface area contributed by atoms with Crippen molar-refractivity contribution in [2.75, 3.05) is 29.8 Å². The molecule has 0 saturated heterocycles. The van der Waals surface area contributed by atoms with E-state index in [1.807, 2.05) is 50.2 Å². The number of primary amides is 1. The number of anilines is 2. The van der Waals surface area contributed by atoms with Gasteiger partial charge in [0.1, 0.15) is 17.3 Å². The zero-order valence-electron chi connectivity index (χ0n) is 24.6. The number of sulfonamides is 1. The fourth-order valence-corrected chi connectivity index (χ4v) is 5.76. The zero-order valence-corrected chi connectivity index (χ0v) is 25.4. The molecule has 0 atom stereocenters. The summed E-state index contributed by atoms with van der Waals surface area (Å²) in [6.07, 6.45) is 4.25. The highest BCUT2D eigenvalue weighted by atomic mass is 32.2. The molecule has 12 heteroatoms. The number of benzene rings is 3. The molecule has 1 aromatic heterocycles. The Kier molecular flexibility index (Phi) is 10.6. The molecule has 232 valence electrons. The van der Waals surface area contributed by atoms with Gasteiger partial charge in [-0.05, 0) is 55.2 Å². The molecule has 11 nitrogen and oxygen atoms in total. The molecule has 1 heterocycles. The number of nitrogens with two attached hydrogens (primary N) is 1. The van der Waals surface area contributed by atoms with Gasteiger partial charge in [0.25, 0.3) is 15.9 Å². The Hall–Kier alpha value is -4.81. The normalized spacial score (nSPS) is 11.6. The van der Waals surface area contributed by atoms with Crippen LogP contribution in [0.5, 0.6) is 5.75 Å². The van der Waals surface area contributed by atoms with Crippen LogP contribution >= 0.6 is 0 Å². The van der Waals surface area contributed by atoms with E-state index in [2.05, 4.69) is 15.0 Å². The van der Waals surface area contributed by atoms with E-state index in [0.29, 0.717) is 18.7 Å². The maximum Gasteiger partial charge on any atom is 0.330 e. The highest BCUT2D eigenvalue weighted by molar-refractivity contribution is 7.92. The number of hydrogen-bond acceptors (Lipinski definition) is 8. The second kappa shape index (κ2) is 14.6. The molecule has 0 bridgehead atoms. The molecule has 4 aromatic rings. The first kappa shape index (κ1) is 32.1. The molecule has 0 radical (unpaired) electrons. The van der Waals surface area contributed by atoms with Crippen LogP contribution in [0.15, 0.2) is 77.7 Å². The van der Waals surface area contributed by atoms with Gasteiger partial charge in [0.2, 0.25) is 0 Å². The molecule has 0 fully saturated rings. The van der Waals surface area contributed by atoms with Crippen molar-refractivity contribution >= 4 is 44.2 Å². The second-order valence-corrected chi connectivity index (χ2v) is 11.7. The number of nitrogens with one attached hydrogen (secondary N) is 3. The molecule has 0 spiro atoms. The lowest BCUT2D eigenvalue weighted by Gasteiger charge is -2.16. The summed E-state index contributed by atoms with van der Waals surface area (Å²) in [5, 5.41) is 14.3. The van der Waals surface area contributed by atoms with Crippen LogP contribution in [0.1, 0.15) is 40.5 Å². The van der Waals surface area contributed by atoms with E-state index < -0.39 is 27.6 Å². The summed E-state index contributed by atoms with van der Waals surface area (Å²) in [5.74, 6) is -1.88. The van der Waals surface area contributed by atoms with Gasteiger partial charge in [-0.1, -0.05) is 43.3 Å². The molecule has 0 aliphatic carbocycles. The molecule has 44 heavy (non-hydrogen) atoms. The second-order valence-electron chi connectivity index (χ2n) is 10.1. The highest BCUT2D eigenvalue weighted by Gasteiger charge is 2.24. The highest BCUT2D eigenvalue weighted by Crippen LogP contribution is 2.32. The van der Waals surface area contributed by atoms with Crippen LogP contribution < -0.4 is 15.8 Å². The number of H-pyrrole nitrogens is 1. The Morgan fingerprint density at radius 2 is 1.84 bits per heavy atom. The average molecular weight is 621 g/mol. The number of aromatic hydroxyl groups is 1. The number of ether oxygens (including phenoxy) is 2. The third-order valence-electron chi connectivity index (χ3n) is 6.76. The van der Waals surface area contributed by atoms with Gasteiger partial charge in [-0.2, -0.15) is 0 Å². The van der Waals surface area contributed by atoms with E-state index in [1.54, 1.807) is 18.2 Å². The summed E-state index contributed by atoms with van der Waals surface area (Å²) in [4.78, 5) is 26.8. The third-order valence-corrected chi connectivity index (χ3v) is 8.18. The number of hydrogen-bond donors (Lipinski definition) is 5. The molecule has 6 N–H and O–H groups in total. The molecule has 0 unspecified atom stereocenters. The topological polar surface area (TPSA) is 173 Å². The Bertz CT molecular complexity index is 1770. The summed E-state index contributed by atoms with van der Waals surface area (Å²) in [6.45, 7) is 4.79. The SMILES string of the molecule is CCc1cc2c(C)cc(NS(=O)(=O)c3cc(C(N)=O)c(O)cc3NCCOCC/C=C/C(=O)OCc3ccccc3)cc2[nH]1. The van der Waals surface area contributed by atoms with Gasteiger partial charge >= 0.3 is 5.97 Å². The molecular formula is C32H36N4O7S. The van der Waals surface area contributed by atoms with Gasteiger partial charge in [-0.15, -0.1) is 0 Å². The van der Waals surface area contributed by atoms with Gasteiger partial charge in [0, 0.05) is 35.3 Å². The number of phenols is 1. The van der Waals surface area contributed by atoms with Gasteiger partial charge in [0.15, 0.2) is 0 Å². The van der Waals surface area contributed by atoms with Crippen molar-refractivity contribution in [1.29, 1.82) is 0 Å². The van der Waals surface area contributed by atoms with Crippen LogP contribution in [0.25, 0.3) is 10.9 Å². The van der Waals surface area contributed by atoms with E-state index in [9.17, 15) is 23.1 Å². The minimum absolute atomic E-state index is 0.0654. The molecule has 3 aromatic carbocycles. The average Bonchev–Trinajstić information content (AvgIpc) is 3.41. The number of esters is 1. The molecular weight excluding hydrogens is 584 g/mol. The number of aryl methyl sites for hydroxylation is 2. The van der Waals surface area contributed by atoms with Gasteiger partial charge in [-0.3, -0.25) is 9.52 Å². The van der Waals surface area contributed by atoms with Crippen molar-refractivity contribution in [2.45, 2.75) is 38.2 Å². The van der Waals surface area contributed by atoms with Crippen molar-refractivity contribution in [2.24, 2.45) is 5.73 Å². The Morgan fingerprint density at radius 3 is 2.57 bits per heavy atom. The maximum atomic E-state index is 13.5. The predicted molar refractivity (Wildman–Crippen MR) is 169 cm³/mol. The molecule has 0 saturated carbocycles. The van der Waals surface area contributed by atoms with Crippen LogP contribution in [0, 0.1) is 6.92 Å². The smallest absolute Gasteiger partial charge is 0.330 e. The molecule has 0 aliphatic rings. The predicted octanol–water partition coefficient (Wildman–Crippen LogP) is 4.76. The number of carbonyl (C=O) groups is 2. The number of amides is 1. The van der Waals surface area contributed by atoms with Crippen molar-refractivity contribution in [3.8, 4) is 5.75 Å². The maximum absolute atomic E-state index is 13.5. The third kappa shape index (κ3) is 8.39.